The Bertz CT molecular complexity index is 2710. The molecule has 0 aromatic heterocycles. The summed E-state index contributed by atoms with van der Waals surface area (Å²) < 4.78 is 51.0. The Morgan fingerprint density at radius 2 is 0.833 bits per heavy atom. The normalized spacial score (nSPS) is 11.4. The van der Waals surface area contributed by atoms with Crippen molar-refractivity contribution in [1.29, 1.82) is 0 Å². The van der Waals surface area contributed by atoms with Crippen LogP contribution in [-0.4, -0.2) is 104 Å². The summed E-state index contributed by atoms with van der Waals surface area (Å²) >= 11 is 0. The lowest BCUT2D eigenvalue weighted by molar-refractivity contribution is -0.137. The van der Waals surface area contributed by atoms with Crippen molar-refractivity contribution in [2.24, 2.45) is 0 Å². The second-order valence-electron chi connectivity index (χ2n) is 13.9. The summed E-state index contributed by atoms with van der Waals surface area (Å²) in [6.07, 6.45) is 20.0. The average molecular weight is 989 g/mol. The first kappa shape index (κ1) is 59.0. The molecule has 0 saturated carbocycles. The Balaban J connectivity index is 0.000000442. The lowest BCUT2D eigenvalue weighted by Gasteiger charge is -2.08. The Hall–Kier alpha value is -9.10. The standard InChI is InChI=1S/C28H30O8.C23H24O6.C5H6O2/c1-6-36-28(31)16-11-21(22(29)12-7-19-9-14-24(32-2)26(17-19)34-4)23(30)13-8-20-10-15-25(33-3)27(18-20)35-5;1-26-20-11-7-16(13-22(20)28-3)5-9-18(24)15-19(25)10-6-17-8-12-21(27-2)23(14-17)29-4;1-3-5(6)7-4-2/h7-18,29H,6H2,1-5H3;5-15,24H,1-4H3;1H,4H2,2H3/b12-7+,13-8+,16-11+,22-21+;9-5+,10-6+,18-15?;. The van der Waals surface area contributed by atoms with E-state index in [1.807, 2.05) is 6.07 Å². The van der Waals surface area contributed by atoms with E-state index in [2.05, 4.69) is 11.2 Å². The lowest BCUT2D eigenvalue weighted by Crippen LogP contribution is -2.03. The second kappa shape index (κ2) is 32.6. The molecule has 0 bridgehead atoms. The molecule has 2 N–H and O–H groups in total. The number of allylic oxidation sites excluding steroid dienone is 7. The van der Waals surface area contributed by atoms with Crippen LogP contribution in [0.4, 0.5) is 0 Å². The SMILES string of the molecule is C#CC(=O)OCC.CCOC(=O)/C=C/C(C(=O)/C=C/c1ccc(OC)c(OC)c1)=C(O)/C=C/c1ccc(OC)c(OC)c1.COc1ccc(/C=C/C(=O)C=C(O)/C=C/c2ccc(OC)c(OC)c2)cc1OC. The van der Waals surface area contributed by atoms with Crippen LogP contribution in [0.1, 0.15) is 36.1 Å². The van der Waals surface area contributed by atoms with Crippen LogP contribution in [0.3, 0.4) is 0 Å². The van der Waals surface area contributed by atoms with E-state index in [0.717, 1.165) is 23.3 Å². The number of hydrogen-bond donors (Lipinski definition) is 2. The number of rotatable bonds is 22. The Labute approximate surface area is 420 Å². The van der Waals surface area contributed by atoms with Crippen molar-refractivity contribution in [1.82, 2.24) is 0 Å². The van der Waals surface area contributed by atoms with Gasteiger partial charge in [0.1, 0.15) is 11.5 Å². The number of carbonyl (C=O) groups excluding carboxylic acids is 4. The molecule has 0 aliphatic carbocycles. The first-order valence-electron chi connectivity index (χ1n) is 21.7. The zero-order chi connectivity index (χ0) is 53.4. The van der Waals surface area contributed by atoms with E-state index in [9.17, 15) is 29.4 Å². The van der Waals surface area contributed by atoms with Gasteiger partial charge in [0.2, 0.25) is 0 Å². The number of terminal acetylenes is 1. The van der Waals surface area contributed by atoms with E-state index in [1.165, 1.54) is 58.8 Å². The molecule has 0 amide bonds. The highest BCUT2D eigenvalue weighted by Gasteiger charge is 2.12. The maximum Gasteiger partial charge on any atom is 0.384 e. The van der Waals surface area contributed by atoms with Gasteiger partial charge in [0, 0.05) is 18.1 Å². The fourth-order valence-corrected chi connectivity index (χ4v) is 5.76. The number of methoxy groups -OCH3 is 8. The number of benzene rings is 4. The molecule has 72 heavy (non-hydrogen) atoms. The number of esters is 2. The van der Waals surface area contributed by atoms with Crippen molar-refractivity contribution in [2.75, 3.05) is 70.1 Å². The molecule has 0 saturated heterocycles. The van der Waals surface area contributed by atoms with E-state index in [1.54, 1.807) is 139 Å². The van der Waals surface area contributed by atoms with E-state index in [-0.39, 0.29) is 29.5 Å². The van der Waals surface area contributed by atoms with Crippen LogP contribution >= 0.6 is 0 Å². The summed E-state index contributed by atoms with van der Waals surface area (Å²) in [5.41, 5.74) is 2.83. The molecule has 0 aliphatic heterocycles. The lowest BCUT2D eigenvalue weighted by atomic mass is 10.1. The largest absolute Gasteiger partial charge is 0.508 e. The summed E-state index contributed by atoms with van der Waals surface area (Å²) in [5, 5.41) is 20.7. The summed E-state index contributed by atoms with van der Waals surface area (Å²) in [4.78, 5) is 46.8. The van der Waals surface area contributed by atoms with Gasteiger partial charge in [0.05, 0.1) is 75.7 Å². The smallest absolute Gasteiger partial charge is 0.384 e. The van der Waals surface area contributed by atoms with Crippen molar-refractivity contribution in [3.8, 4) is 58.3 Å². The number of ether oxygens (including phenoxy) is 10. The topological polar surface area (TPSA) is 201 Å². The molecule has 0 spiro atoms. The maximum absolute atomic E-state index is 13.0. The van der Waals surface area contributed by atoms with Crippen LogP contribution in [0.2, 0.25) is 0 Å². The monoisotopic (exact) mass is 988 g/mol. The molecule has 0 aliphatic rings. The number of hydrogen-bond acceptors (Lipinski definition) is 16. The van der Waals surface area contributed by atoms with Gasteiger partial charge in [0.15, 0.2) is 57.6 Å². The third kappa shape index (κ3) is 20.2. The quantitative estimate of drug-likeness (QED) is 0.0188. The molecule has 16 nitrogen and oxygen atoms in total. The van der Waals surface area contributed by atoms with E-state index in [0.29, 0.717) is 63.7 Å². The molecule has 0 radical (unpaired) electrons. The minimum Gasteiger partial charge on any atom is -0.508 e. The Morgan fingerprint density at radius 3 is 1.18 bits per heavy atom. The van der Waals surface area contributed by atoms with Gasteiger partial charge in [-0.3, -0.25) is 9.59 Å². The van der Waals surface area contributed by atoms with Crippen molar-refractivity contribution in [3.05, 3.63) is 155 Å². The summed E-state index contributed by atoms with van der Waals surface area (Å²) in [6.45, 7) is 3.90. The minimum atomic E-state index is -0.636. The highest BCUT2D eigenvalue weighted by Crippen LogP contribution is 2.31. The number of ketones is 2. The summed E-state index contributed by atoms with van der Waals surface area (Å²) in [5.74, 6) is 3.68. The predicted molar refractivity (Wildman–Crippen MR) is 276 cm³/mol. The van der Waals surface area contributed by atoms with Crippen LogP contribution in [0.25, 0.3) is 24.3 Å². The van der Waals surface area contributed by atoms with Crippen LogP contribution in [0, 0.1) is 12.3 Å². The van der Waals surface area contributed by atoms with E-state index >= 15 is 0 Å². The molecule has 0 heterocycles. The molecule has 0 unspecified atom stereocenters. The van der Waals surface area contributed by atoms with Crippen molar-refractivity contribution in [2.45, 2.75) is 13.8 Å². The molecular weight excluding hydrogens is 929 g/mol. The molecule has 16 heteroatoms. The van der Waals surface area contributed by atoms with Gasteiger partial charge < -0.3 is 57.6 Å². The van der Waals surface area contributed by atoms with Crippen molar-refractivity contribution < 1.29 is 76.8 Å². The van der Waals surface area contributed by atoms with Gasteiger partial charge >= 0.3 is 11.9 Å². The van der Waals surface area contributed by atoms with Gasteiger partial charge in [-0.15, -0.1) is 6.42 Å². The van der Waals surface area contributed by atoms with Gasteiger partial charge in [-0.05, 0) is 115 Å². The number of carbonyl (C=O) groups is 4. The van der Waals surface area contributed by atoms with Crippen molar-refractivity contribution in [3.63, 3.8) is 0 Å². The van der Waals surface area contributed by atoms with Crippen molar-refractivity contribution >= 4 is 47.8 Å². The number of aliphatic hydroxyl groups excluding tert-OH is 2. The Kier molecular flexibility index (Phi) is 26.7. The van der Waals surface area contributed by atoms with E-state index in [4.69, 9.17) is 42.6 Å². The zero-order valence-corrected chi connectivity index (χ0v) is 41.9. The van der Waals surface area contributed by atoms with Gasteiger partial charge in [-0.2, -0.15) is 0 Å². The summed E-state index contributed by atoms with van der Waals surface area (Å²) in [6, 6.07) is 21.0. The third-order valence-electron chi connectivity index (χ3n) is 9.28. The molecule has 0 atom stereocenters. The van der Waals surface area contributed by atoms with Crippen LogP contribution < -0.4 is 37.9 Å². The predicted octanol–water partition coefficient (Wildman–Crippen LogP) is 9.59. The highest BCUT2D eigenvalue weighted by atomic mass is 16.5. The van der Waals surface area contributed by atoms with Gasteiger partial charge in [-0.1, -0.05) is 48.6 Å². The van der Waals surface area contributed by atoms with E-state index < -0.39 is 17.7 Å². The van der Waals surface area contributed by atoms with Crippen LogP contribution in [0.15, 0.2) is 132 Å². The third-order valence-corrected chi connectivity index (χ3v) is 9.28. The molecular formula is C56H60O16. The zero-order valence-electron chi connectivity index (χ0n) is 41.9. The van der Waals surface area contributed by atoms with Gasteiger partial charge in [-0.25, -0.2) is 9.59 Å². The number of aliphatic hydroxyl groups is 2. The average Bonchev–Trinajstić information content (AvgIpc) is 3.40. The molecule has 4 rings (SSSR count). The molecule has 4 aromatic carbocycles. The summed E-state index contributed by atoms with van der Waals surface area (Å²) in [7, 11) is 12.3. The maximum atomic E-state index is 13.0. The fraction of sp³-hybridized carbons (Fsp3) is 0.214. The molecule has 0 fully saturated rings. The molecule has 380 valence electrons. The fourth-order valence-electron chi connectivity index (χ4n) is 5.76. The Morgan fingerprint density at radius 1 is 0.472 bits per heavy atom. The van der Waals surface area contributed by atoms with Crippen LogP contribution in [0.5, 0.6) is 46.0 Å². The first-order valence-corrected chi connectivity index (χ1v) is 21.7. The first-order chi connectivity index (χ1) is 34.7. The molecule has 4 aromatic rings. The van der Waals surface area contributed by atoms with Crippen LogP contribution in [-0.2, 0) is 28.7 Å². The minimum absolute atomic E-state index is 0.100. The van der Waals surface area contributed by atoms with Gasteiger partial charge in [0.25, 0.3) is 0 Å². The second-order valence-corrected chi connectivity index (χ2v) is 13.9. The highest BCUT2D eigenvalue weighted by molar-refractivity contribution is 6.09.